The van der Waals surface area contributed by atoms with Gasteiger partial charge in [-0.15, -0.1) is 0 Å². The number of rotatable bonds is 3. The number of nitrogens with one attached hydrogen (secondary N) is 1. The van der Waals surface area contributed by atoms with Crippen LogP contribution in [0, 0.1) is 0 Å². The van der Waals surface area contributed by atoms with Crippen molar-refractivity contribution in [2.24, 2.45) is 0 Å². The zero-order valence-corrected chi connectivity index (χ0v) is 13.4. The minimum atomic E-state index is -0.346. The van der Waals surface area contributed by atoms with Gasteiger partial charge in [0.05, 0.1) is 48.5 Å². The highest BCUT2D eigenvalue weighted by atomic mass is 16.5. The van der Waals surface area contributed by atoms with Crippen molar-refractivity contribution in [3.8, 4) is 0 Å². The van der Waals surface area contributed by atoms with Gasteiger partial charge in [-0.3, -0.25) is 9.78 Å². The van der Waals surface area contributed by atoms with Crippen LogP contribution >= 0.6 is 0 Å². The van der Waals surface area contributed by atoms with Gasteiger partial charge >= 0.3 is 0 Å². The van der Waals surface area contributed by atoms with Gasteiger partial charge in [0.15, 0.2) is 0 Å². The number of carbonyl (C=O) groups is 1. The summed E-state index contributed by atoms with van der Waals surface area (Å²) in [5.41, 5.74) is 2.18. The molecule has 1 amide bonds. The molecule has 0 radical (unpaired) electrons. The van der Waals surface area contributed by atoms with Crippen LogP contribution in [0.2, 0.25) is 0 Å². The third-order valence-electron chi connectivity index (χ3n) is 3.87. The Hall–Kier alpha value is -3.13. The number of nitrogens with zero attached hydrogens (tertiary/aromatic N) is 5. The van der Waals surface area contributed by atoms with Gasteiger partial charge in [0.1, 0.15) is 5.69 Å². The first kappa shape index (κ1) is 15.4. The average Bonchev–Trinajstić information content (AvgIpc) is 2.69. The van der Waals surface area contributed by atoms with Crippen molar-refractivity contribution in [3.05, 3.63) is 48.5 Å². The minimum Gasteiger partial charge on any atom is -0.378 e. The van der Waals surface area contributed by atoms with Crippen LogP contribution in [0.25, 0.3) is 11.0 Å². The van der Waals surface area contributed by atoms with Crippen LogP contribution in [0.5, 0.6) is 0 Å². The smallest absolute Gasteiger partial charge is 0.275 e. The molecule has 0 saturated carbocycles. The maximum Gasteiger partial charge on any atom is 0.275 e. The highest BCUT2D eigenvalue weighted by Crippen LogP contribution is 2.13. The van der Waals surface area contributed by atoms with Gasteiger partial charge in [0.25, 0.3) is 5.91 Å². The van der Waals surface area contributed by atoms with E-state index in [4.69, 9.17) is 4.74 Å². The standard InChI is InChI=1S/C17H16N6O2/c24-16(15-11-18-13-3-1-2-4-14(13)22-15)21-12-9-19-17(20-10-12)23-5-7-25-8-6-23/h1-4,9-11H,5-8H2,(H,21,24). The highest BCUT2D eigenvalue weighted by Gasteiger charge is 2.14. The van der Waals surface area contributed by atoms with E-state index in [0.717, 1.165) is 18.6 Å². The highest BCUT2D eigenvalue weighted by molar-refractivity contribution is 6.03. The summed E-state index contributed by atoms with van der Waals surface area (Å²) in [5, 5.41) is 2.74. The van der Waals surface area contributed by atoms with E-state index in [1.807, 2.05) is 29.2 Å². The van der Waals surface area contributed by atoms with Gasteiger partial charge in [-0.1, -0.05) is 12.1 Å². The molecule has 0 atom stereocenters. The number of anilines is 2. The van der Waals surface area contributed by atoms with E-state index in [0.29, 0.717) is 30.4 Å². The summed E-state index contributed by atoms with van der Waals surface area (Å²) >= 11 is 0. The van der Waals surface area contributed by atoms with Crippen molar-refractivity contribution in [2.75, 3.05) is 36.5 Å². The summed E-state index contributed by atoms with van der Waals surface area (Å²) in [6.45, 7) is 2.86. The normalized spacial score (nSPS) is 14.5. The van der Waals surface area contributed by atoms with Gasteiger partial charge in [-0.2, -0.15) is 0 Å². The van der Waals surface area contributed by atoms with Crippen LogP contribution in [0.15, 0.2) is 42.9 Å². The summed E-state index contributed by atoms with van der Waals surface area (Å²) in [6, 6.07) is 7.41. The molecule has 1 N–H and O–H groups in total. The lowest BCUT2D eigenvalue weighted by Crippen LogP contribution is -2.37. The Morgan fingerprint density at radius 3 is 2.48 bits per heavy atom. The predicted octanol–water partition coefficient (Wildman–Crippen LogP) is 1.51. The molecule has 0 spiro atoms. The first-order valence-corrected chi connectivity index (χ1v) is 7.97. The molecule has 1 aliphatic heterocycles. The van der Waals surface area contributed by atoms with Crippen LogP contribution in [0.3, 0.4) is 0 Å². The third kappa shape index (κ3) is 3.38. The van der Waals surface area contributed by atoms with Crippen LogP contribution < -0.4 is 10.2 Å². The zero-order chi connectivity index (χ0) is 17.1. The predicted molar refractivity (Wildman–Crippen MR) is 92.6 cm³/mol. The van der Waals surface area contributed by atoms with E-state index in [9.17, 15) is 4.79 Å². The van der Waals surface area contributed by atoms with Gasteiger partial charge < -0.3 is 15.0 Å². The molecule has 126 valence electrons. The Morgan fingerprint density at radius 1 is 1.00 bits per heavy atom. The quantitative estimate of drug-likeness (QED) is 0.775. The Balaban J connectivity index is 1.47. The van der Waals surface area contributed by atoms with Gasteiger partial charge in [0, 0.05) is 13.1 Å². The average molecular weight is 336 g/mol. The van der Waals surface area contributed by atoms with Crippen LogP contribution in [0.4, 0.5) is 11.6 Å². The number of ether oxygens (including phenoxy) is 1. The number of aromatic nitrogens is 4. The molecule has 8 heteroatoms. The van der Waals surface area contributed by atoms with Gasteiger partial charge in [-0.25, -0.2) is 15.0 Å². The lowest BCUT2D eigenvalue weighted by molar-refractivity contribution is 0.102. The van der Waals surface area contributed by atoms with E-state index >= 15 is 0 Å². The van der Waals surface area contributed by atoms with E-state index < -0.39 is 0 Å². The van der Waals surface area contributed by atoms with Crippen molar-refractivity contribution in [1.29, 1.82) is 0 Å². The van der Waals surface area contributed by atoms with Crippen LogP contribution in [-0.4, -0.2) is 52.1 Å². The molecule has 0 unspecified atom stereocenters. The van der Waals surface area contributed by atoms with Crippen LogP contribution in [0.1, 0.15) is 10.5 Å². The molecule has 8 nitrogen and oxygen atoms in total. The maximum absolute atomic E-state index is 12.3. The second kappa shape index (κ2) is 6.78. The Bertz CT molecular complexity index is 893. The molecule has 0 aliphatic carbocycles. The first-order valence-electron chi connectivity index (χ1n) is 7.97. The lowest BCUT2D eigenvalue weighted by Gasteiger charge is -2.26. The van der Waals surface area contributed by atoms with E-state index in [-0.39, 0.29) is 11.6 Å². The lowest BCUT2D eigenvalue weighted by atomic mass is 10.3. The molecule has 1 aromatic carbocycles. The molecule has 2 aromatic heterocycles. The molecule has 3 heterocycles. The van der Waals surface area contributed by atoms with Crippen molar-refractivity contribution in [3.63, 3.8) is 0 Å². The molecule has 25 heavy (non-hydrogen) atoms. The number of benzene rings is 1. The fourth-order valence-corrected chi connectivity index (χ4v) is 2.57. The minimum absolute atomic E-state index is 0.246. The topological polar surface area (TPSA) is 93.1 Å². The number of hydrogen-bond acceptors (Lipinski definition) is 7. The fraction of sp³-hybridized carbons (Fsp3) is 0.235. The van der Waals surface area contributed by atoms with Crippen molar-refractivity contribution < 1.29 is 9.53 Å². The monoisotopic (exact) mass is 336 g/mol. The van der Waals surface area contributed by atoms with Crippen molar-refractivity contribution in [2.45, 2.75) is 0 Å². The van der Waals surface area contributed by atoms with E-state index in [1.165, 1.54) is 6.20 Å². The molecule has 1 aliphatic rings. The SMILES string of the molecule is O=C(Nc1cnc(N2CCOCC2)nc1)c1cnc2ccccc2n1. The largest absolute Gasteiger partial charge is 0.378 e. The molecule has 0 bridgehead atoms. The molecule has 1 fully saturated rings. The molecule has 1 saturated heterocycles. The first-order chi connectivity index (χ1) is 12.3. The summed E-state index contributed by atoms with van der Waals surface area (Å²) in [6.07, 6.45) is 4.63. The van der Waals surface area contributed by atoms with Crippen molar-refractivity contribution >= 4 is 28.6 Å². The Labute approximate surface area is 143 Å². The zero-order valence-electron chi connectivity index (χ0n) is 13.4. The number of morpholine rings is 1. The Morgan fingerprint density at radius 2 is 1.72 bits per heavy atom. The number of fused-ring (bicyclic) bond motifs is 1. The second-order valence-corrected chi connectivity index (χ2v) is 5.57. The summed E-state index contributed by atoms with van der Waals surface area (Å²) in [7, 11) is 0. The van der Waals surface area contributed by atoms with Crippen LogP contribution in [-0.2, 0) is 4.74 Å². The Kier molecular flexibility index (Phi) is 4.17. The number of para-hydroxylation sites is 2. The second-order valence-electron chi connectivity index (χ2n) is 5.57. The summed E-state index contributed by atoms with van der Waals surface area (Å²) in [5.74, 6) is 0.285. The number of amides is 1. The number of hydrogen-bond donors (Lipinski definition) is 1. The van der Waals surface area contributed by atoms with Gasteiger partial charge in [0.2, 0.25) is 5.95 Å². The molecular formula is C17H16N6O2. The maximum atomic E-state index is 12.3. The summed E-state index contributed by atoms with van der Waals surface area (Å²) < 4.78 is 5.31. The molecule has 4 rings (SSSR count). The van der Waals surface area contributed by atoms with E-state index in [1.54, 1.807) is 12.4 Å². The van der Waals surface area contributed by atoms with Gasteiger partial charge in [-0.05, 0) is 12.1 Å². The number of carbonyl (C=O) groups excluding carboxylic acids is 1. The molecular weight excluding hydrogens is 320 g/mol. The van der Waals surface area contributed by atoms with E-state index in [2.05, 4.69) is 25.3 Å². The fourth-order valence-electron chi connectivity index (χ4n) is 2.57. The third-order valence-corrected chi connectivity index (χ3v) is 3.87. The van der Waals surface area contributed by atoms with Crippen molar-refractivity contribution in [1.82, 2.24) is 19.9 Å². The molecule has 3 aromatic rings. The summed E-state index contributed by atoms with van der Waals surface area (Å²) in [4.78, 5) is 31.6.